The van der Waals surface area contributed by atoms with Gasteiger partial charge in [-0.3, -0.25) is 4.79 Å². The van der Waals surface area contributed by atoms with Gasteiger partial charge in [0.2, 0.25) is 0 Å². The highest BCUT2D eigenvalue weighted by atomic mass is 32.1. The summed E-state index contributed by atoms with van der Waals surface area (Å²) in [6, 6.07) is 13.6. The largest absolute Gasteiger partial charge is 0.488 e. The number of hydrogen-bond donors (Lipinski definition) is 1. The van der Waals surface area contributed by atoms with Crippen LogP contribution in [-0.2, 0) is 6.61 Å². The number of pyridine rings is 1. The second-order valence-corrected chi connectivity index (χ2v) is 6.43. The quantitative estimate of drug-likeness (QED) is 0.767. The van der Waals surface area contributed by atoms with Gasteiger partial charge in [-0.25, -0.2) is 4.98 Å². The van der Waals surface area contributed by atoms with Crippen molar-refractivity contribution in [2.24, 2.45) is 0 Å². The minimum Gasteiger partial charge on any atom is -0.488 e. The molecule has 4 rings (SSSR count). The van der Waals surface area contributed by atoms with Crippen LogP contribution in [0.25, 0.3) is 10.4 Å². The van der Waals surface area contributed by atoms with Crippen LogP contribution in [0, 0.1) is 6.92 Å². The number of hydrogen-bond acceptors (Lipinski definition) is 4. The number of anilines is 1. The van der Waals surface area contributed by atoms with Crippen molar-refractivity contribution in [3.05, 3.63) is 64.7 Å². The van der Waals surface area contributed by atoms with E-state index in [1.807, 2.05) is 49.4 Å². The number of nitrogens with zero attached hydrogens (tertiary/aromatic N) is 1. The number of benzene rings is 1. The van der Waals surface area contributed by atoms with Crippen LogP contribution in [0.15, 0.2) is 48.7 Å². The zero-order valence-corrected chi connectivity index (χ0v) is 13.3. The molecule has 1 aliphatic rings. The van der Waals surface area contributed by atoms with Crippen molar-refractivity contribution in [2.75, 3.05) is 5.32 Å². The number of aryl methyl sites for hydroxylation is 1. The molecule has 1 aliphatic heterocycles. The fourth-order valence-electron chi connectivity index (χ4n) is 2.60. The fourth-order valence-corrected chi connectivity index (χ4v) is 3.69. The van der Waals surface area contributed by atoms with E-state index in [9.17, 15) is 4.79 Å². The van der Waals surface area contributed by atoms with Gasteiger partial charge < -0.3 is 10.1 Å². The Morgan fingerprint density at radius 2 is 2.13 bits per heavy atom. The van der Waals surface area contributed by atoms with Crippen molar-refractivity contribution in [3.63, 3.8) is 0 Å². The zero-order valence-electron chi connectivity index (χ0n) is 12.5. The van der Waals surface area contributed by atoms with Crippen molar-refractivity contribution >= 4 is 23.1 Å². The second kappa shape index (κ2) is 5.52. The Morgan fingerprint density at radius 1 is 1.26 bits per heavy atom. The summed E-state index contributed by atoms with van der Waals surface area (Å²) in [6.07, 6.45) is 1.67. The predicted octanol–water partition coefficient (Wildman–Crippen LogP) is 4.26. The van der Waals surface area contributed by atoms with Crippen molar-refractivity contribution in [3.8, 4) is 16.2 Å². The lowest BCUT2D eigenvalue weighted by Crippen LogP contribution is -2.12. The van der Waals surface area contributed by atoms with Gasteiger partial charge >= 0.3 is 0 Å². The number of ether oxygens (including phenoxy) is 1. The molecule has 1 aromatic carbocycles. The molecule has 23 heavy (non-hydrogen) atoms. The first-order chi connectivity index (χ1) is 11.2. The van der Waals surface area contributed by atoms with E-state index in [1.165, 1.54) is 11.3 Å². The third-order valence-corrected chi connectivity index (χ3v) is 5.00. The van der Waals surface area contributed by atoms with E-state index in [4.69, 9.17) is 4.74 Å². The highest BCUT2D eigenvalue weighted by molar-refractivity contribution is 7.17. The molecule has 0 aliphatic carbocycles. The third-order valence-electron chi connectivity index (χ3n) is 3.79. The summed E-state index contributed by atoms with van der Waals surface area (Å²) in [5.41, 5.74) is 3.04. The van der Waals surface area contributed by atoms with Crippen LogP contribution >= 0.6 is 11.3 Å². The molecule has 0 bridgehead atoms. The summed E-state index contributed by atoms with van der Waals surface area (Å²) in [6.45, 7) is 2.42. The monoisotopic (exact) mass is 322 g/mol. The lowest BCUT2D eigenvalue weighted by Gasteiger charge is -2.16. The molecule has 0 radical (unpaired) electrons. The lowest BCUT2D eigenvalue weighted by atomic mass is 10.1. The van der Waals surface area contributed by atoms with E-state index in [-0.39, 0.29) is 5.91 Å². The average molecular weight is 322 g/mol. The molecule has 3 aromatic rings. The molecule has 3 heterocycles. The van der Waals surface area contributed by atoms with E-state index in [1.54, 1.807) is 6.20 Å². The SMILES string of the molecule is Cc1cccnc1NC(=O)c1cc2c(s1)-c1ccccc1OC2. The summed E-state index contributed by atoms with van der Waals surface area (Å²) in [5, 5.41) is 2.88. The van der Waals surface area contributed by atoms with Crippen LogP contribution < -0.4 is 10.1 Å². The Hall–Kier alpha value is -2.66. The molecular weight excluding hydrogens is 308 g/mol. The van der Waals surface area contributed by atoms with Crippen molar-refractivity contribution in [1.82, 2.24) is 4.98 Å². The molecular formula is C18H14N2O2S. The van der Waals surface area contributed by atoms with Gasteiger partial charge in [0.25, 0.3) is 5.91 Å². The summed E-state index contributed by atoms with van der Waals surface area (Å²) in [4.78, 5) is 18.5. The van der Waals surface area contributed by atoms with E-state index in [0.29, 0.717) is 17.3 Å². The molecule has 1 N–H and O–H groups in total. The van der Waals surface area contributed by atoms with Gasteiger partial charge in [-0.1, -0.05) is 18.2 Å². The first-order valence-electron chi connectivity index (χ1n) is 7.30. The van der Waals surface area contributed by atoms with Crippen molar-refractivity contribution in [1.29, 1.82) is 0 Å². The number of nitrogens with one attached hydrogen (secondary N) is 1. The summed E-state index contributed by atoms with van der Waals surface area (Å²) < 4.78 is 5.74. The Labute approximate surface area is 137 Å². The van der Waals surface area contributed by atoms with Crippen LogP contribution in [0.5, 0.6) is 5.75 Å². The van der Waals surface area contributed by atoms with Gasteiger partial charge in [-0.15, -0.1) is 11.3 Å². The van der Waals surface area contributed by atoms with Crippen molar-refractivity contribution < 1.29 is 9.53 Å². The molecule has 2 aromatic heterocycles. The van der Waals surface area contributed by atoms with Gasteiger partial charge in [0.1, 0.15) is 18.2 Å². The Kier molecular flexibility index (Phi) is 3.35. The molecule has 0 atom stereocenters. The molecule has 1 amide bonds. The Bertz CT molecular complexity index is 902. The normalized spacial score (nSPS) is 12.0. The number of thiophene rings is 1. The summed E-state index contributed by atoms with van der Waals surface area (Å²) >= 11 is 1.49. The van der Waals surface area contributed by atoms with Gasteiger partial charge in [0, 0.05) is 22.2 Å². The van der Waals surface area contributed by atoms with Crippen LogP contribution in [0.2, 0.25) is 0 Å². The van der Waals surface area contributed by atoms with Crippen LogP contribution in [0.4, 0.5) is 5.82 Å². The second-order valence-electron chi connectivity index (χ2n) is 5.37. The number of para-hydroxylation sites is 1. The maximum Gasteiger partial charge on any atom is 0.266 e. The van der Waals surface area contributed by atoms with Crippen LogP contribution in [-0.4, -0.2) is 10.9 Å². The minimum absolute atomic E-state index is 0.135. The third kappa shape index (κ3) is 2.49. The summed E-state index contributed by atoms with van der Waals surface area (Å²) in [5.74, 6) is 1.33. The van der Waals surface area contributed by atoms with Gasteiger partial charge in [-0.05, 0) is 36.8 Å². The first kappa shape index (κ1) is 14.0. The van der Waals surface area contributed by atoms with E-state index in [2.05, 4.69) is 10.3 Å². The minimum atomic E-state index is -0.135. The van der Waals surface area contributed by atoms with Gasteiger partial charge in [0.15, 0.2) is 0 Å². The number of rotatable bonds is 2. The standard InChI is InChI=1S/C18H14N2O2S/c1-11-5-4-8-19-17(11)20-18(21)15-9-12-10-22-14-7-3-2-6-13(14)16(12)23-15/h2-9H,10H2,1H3,(H,19,20,21). The van der Waals surface area contributed by atoms with Crippen LogP contribution in [0.1, 0.15) is 20.8 Å². The predicted molar refractivity (Wildman–Crippen MR) is 91.0 cm³/mol. The molecule has 0 saturated carbocycles. The number of carbonyl (C=O) groups excluding carboxylic acids is 1. The average Bonchev–Trinajstić information content (AvgIpc) is 3.02. The van der Waals surface area contributed by atoms with Gasteiger partial charge in [0.05, 0.1) is 4.88 Å². The smallest absolute Gasteiger partial charge is 0.266 e. The molecule has 5 heteroatoms. The van der Waals surface area contributed by atoms with E-state index in [0.717, 1.165) is 27.3 Å². The molecule has 0 unspecified atom stereocenters. The zero-order chi connectivity index (χ0) is 15.8. The fraction of sp³-hybridized carbons (Fsp3) is 0.111. The van der Waals surface area contributed by atoms with Gasteiger partial charge in [-0.2, -0.15) is 0 Å². The number of aromatic nitrogens is 1. The molecule has 0 saturated heterocycles. The molecule has 4 nitrogen and oxygen atoms in total. The lowest BCUT2D eigenvalue weighted by molar-refractivity contribution is 0.103. The van der Waals surface area contributed by atoms with E-state index >= 15 is 0 Å². The number of fused-ring (bicyclic) bond motifs is 3. The number of amides is 1. The maximum atomic E-state index is 12.5. The highest BCUT2D eigenvalue weighted by Crippen LogP contribution is 2.42. The topological polar surface area (TPSA) is 51.2 Å². The molecule has 0 fully saturated rings. The van der Waals surface area contributed by atoms with E-state index < -0.39 is 0 Å². The van der Waals surface area contributed by atoms with Crippen LogP contribution in [0.3, 0.4) is 0 Å². The number of carbonyl (C=O) groups is 1. The summed E-state index contributed by atoms with van der Waals surface area (Å²) in [7, 11) is 0. The maximum absolute atomic E-state index is 12.5. The molecule has 0 spiro atoms. The van der Waals surface area contributed by atoms with Crippen molar-refractivity contribution in [2.45, 2.75) is 13.5 Å². The Balaban J connectivity index is 1.66. The Morgan fingerprint density at radius 3 is 3.00 bits per heavy atom. The molecule has 114 valence electrons. The highest BCUT2D eigenvalue weighted by Gasteiger charge is 2.22. The first-order valence-corrected chi connectivity index (χ1v) is 8.12.